The van der Waals surface area contributed by atoms with Gasteiger partial charge in [-0.2, -0.15) is 0 Å². The highest BCUT2D eigenvalue weighted by Crippen LogP contribution is 2.26. The zero-order valence-corrected chi connectivity index (χ0v) is 12.1. The molecule has 0 saturated heterocycles. The van der Waals surface area contributed by atoms with Gasteiger partial charge in [0.05, 0.1) is 17.3 Å². The molecule has 0 radical (unpaired) electrons. The summed E-state index contributed by atoms with van der Waals surface area (Å²) >= 11 is 6.85. The van der Waals surface area contributed by atoms with E-state index in [-0.39, 0.29) is 5.56 Å². The predicted octanol–water partition coefficient (Wildman–Crippen LogP) is 3.12. The largest absolute Gasteiger partial charge is 0.323 e. The second kappa shape index (κ2) is 4.40. The molecule has 1 N–H and O–H groups in total. The van der Waals surface area contributed by atoms with Crippen LogP contribution in [-0.4, -0.2) is 14.5 Å². The van der Waals surface area contributed by atoms with Crippen molar-refractivity contribution in [3.63, 3.8) is 0 Å². The molecule has 0 aliphatic rings. The van der Waals surface area contributed by atoms with Crippen molar-refractivity contribution in [1.82, 2.24) is 14.5 Å². The van der Waals surface area contributed by atoms with Crippen molar-refractivity contribution in [2.24, 2.45) is 0 Å². The summed E-state index contributed by atoms with van der Waals surface area (Å²) in [6.07, 6.45) is 3.30. The molecule has 3 aromatic heterocycles. The Kier molecular flexibility index (Phi) is 2.83. The molecule has 6 heteroatoms. The number of nitrogens with zero attached hydrogens (tertiary/aromatic N) is 2. The topological polar surface area (TPSA) is 50.7 Å². The van der Waals surface area contributed by atoms with Crippen LogP contribution in [0.3, 0.4) is 0 Å². The first kappa shape index (κ1) is 12.3. The number of aromatic nitrogens is 3. The first-order valence-corrected chi connectivity index (χ1v) is 6.97. The van der Waals surface area contributed by atoms with Crippen LogP contribution < -0.4 is 5.56 Å². The van der Waals surface area contributed by atoms with E-state index in [1.165, 1.54) is 4.57 Å². The Hall–Kier alpha value is -1.79. The van der Waals surface area contributed by atoms with Crippen LogP contribution in [0, 0.1) is 18.6 Å². The Morgan fingerprint density at radius 3 is 2.89 bits per heavy atom. The van der Waals surface area contributed by atoms with Gasteiger partial charge in [-0.25, -0.2) is 0 Å². The summed E-state index contributed by atoms with van der Waals surface area (Å²) in [5.74, 6) is 0. The van der Waals surface area contributed by atoms with Gasteiger partial charge < -0.3 is 4.98 Å². The third-order valence-corrected chi connectivity index (χ3v) is 4.54. The standard InChI is InChI=1S/C13H11N3OS2/c1-7-8(2)19-11-10(7)12(17)16(13(18)15-11)9-4-3-5-14-6-9/h3-6H,1-2H3,(H,15,18). The molecule has 0 fully saturated rings. The summed E-state index contributed by atoms with van der Waals surface area (Å²) in [4.78, 5) is 21.8. The number of aryl methyl sites for hydroxylation is 2. The maximum absolute atomic E-state index is 12.6. The Morgan fingerprint density at radius 1 is 1.42 bits per heavy atom. The summed E-state index contributed by atoms with van der Waals surface area (Å²) < 4.78 is 1.89. The van der Waals surface area contributed by atoms with Crippen LogP contribution in [0.2, 0.25) is 0 Å². The molecule has 3 rings (SSSR count). The molecule has 0 saturated carbocycles. The SMILES string of the molecule is Cc1sc2[nH]c(=S)n(-c3cccnc3)c(=O)c2c1C. The van der Waals surface area contributed by atoms with Crippen LogP contribution in [0.1, 0.15) is 10.4 Å². The van der Waals surface area contributed by atoms with Gasteiger partial charge in [0, 0.05) is 11.1 Å². The van der Waals surface area contributed by atoms with E-state index in [0.29, 0.717) is 15.8 Å². The van der Waals surface area contributed by atoms with Gasteiger partial charge in [0.25, 0.3) is 5.56 Å². The van der Waals surface area contributed by atoms with Gasteiger partial charge in [-0.15, -0.1) is 11.3 Å². The van der Waals surface area contributed by atoms with Gasteiger partial charge in [0.2, 0.25) is 0 Å². The van der Waals surface area contributed by atoms with Crippen LogP contribution in [-0.2, 0) is 0 Å². The maximum Gasteiger partial charge on any atom is 0.267 e. The van der Waals surface area contributed by atoms with E-state index in [4.69, 9.17) is 12.2 Å². The van der Waals surface area contributed by atoms with E-state index < -0.39 is 0 Å². The lowest BCUT2D eigenvalue weighted by atomic mass is 10.2. The van der Waals surface area contributed by atoms with Crippen molar-refractivity contribution >= 4 is 33.8 Å². The highest BCUT2D eigenvalue weighted by molar-refractivity contribution is 7.71. The van der Waals surface area contributed by atoms with Crippen molar-refractivity contribution < 1.29 is 0 Å². The minimum absolute atomic E-state index is 0.0893. The maximum atomic E-state index is 12.6. The average Bonchev–Trinajstić information content (AvgIpc) is 2.66. The molecule has 0 spiro atoms. The predicted molar refractivity (Wildman–Crippen MR) is 79.9 cm³/mol. The number of H-pyrrole nitrogens is 1. The summed E-state index contributed by atoms with van der Waals surface area (Å²) in [7, 11) is 0. The number of pyridine rings is 1. The summed E-state index contributed by atoms with van der Waals surface area (Å²) in [6.45, 7) is 3.96. The fraction of sp³-hybridized carbons (Fsp3) is 0.154. The van der Waals surface area contributed by atoms with Gasteiger partial charge in [0.15, 0.2) is 4.77 Å². The summed E-state index contributed by atoms with van der Waals surface area (Å²) in [5, 5.41) is 0.708. The number of nitrogens with one attached hydrogen (secondary N) is 1. The number of hydrogen-bond donors (Lipinski definition) is 1. The van der Waals surface area contributed by atoms with E-state index in [9.17, 15) is 4.79 Å². The molecule has 4 nitrogen and oxygen atoms in total. The fourth-order valence-electron chi connectivity index (χ4n) is 2.05. The minimum atomic E-state index is -0.0893. The van der Waals surface area contributed by atoms with Crippen LogP contribution in [0.5, 0.6) is 0 Å². The third kappa shape index (κ3) is 1.84. The van der Waals surface area contributed by atoms with Crippen LogP contribution in [0.15, 0.2) is 29.3 Å². The molecule has 0 aliphatic carbocycles. The quantitative estimate of drug-likeness (QED) is 0.700. The van der Waals surface area contributed by atoms with Crippen LogP contribution in [0.25, 0.3) is 15.9 Å². The second-order valence-corrected chi connectivity index (χ2v) is 5.88. The van der Waals surface area contributed by atoms with E-state index in [2.05, 4.69) is 9.97 Å². The summed E-state index contributed by atoms with van der Waals surface area (Å²) in [5.41, 5.74) is 1.60. The number of aromatic amines is 1. The first-order valence-electron chi connectivity index (χ1n) is 5.75. The Labute approximate surface area is 118 Å². The van der Waals surface area contributed by atoms with Gasteiger partial charge in [0.1, 0.15) is 4.83 Å². The Morgan fingerprint density at radius 2 is 2.21 bits per heavy atom. The molecule has 3 heterocycles. The molecule has 0 bridgehead atoms. The van der Waals surface area contributed by atoms with Crippen molar-refractivity contribution in [3.05, 3.63) is 50.1 Å². The van der Waals surface area contributed by atoms with Gasteiger partial charge >= 0.3 is 0 Å². The molecular weight excluding hydrogens is 278 g/mol. The van der Waals surface area contributed by atoms with Crippen molar-refractivity contribution in [2.75, 3.05) is 0 Å². The lowest BCUT2D eigenvalue weighted by Crippen LogP contribution is -2.20. The molecular formula is C13H11N3OS2. The van der Waals surface area contributed by atoms with Crippen LogP contribution in [0.4, 0.5) is 0 Å². The second-order valence-electron chi connectivity index (χ2n) is 4.27. The average molecular weight is 289 g/mol. The number of thiophene rings is 1. The molecule has 0 aliphatic heterocycles. The molecule has 96 valence electrons. The Bertz CT molecular complexity index is 875. The van der Waals surface area contributed by atoms with Gasteiger partial charge in [-0.1, -0.05) is 0 Å². The monoisotopic (exact) mass is 289 g/mol. The van der Waals surface area contributed by atoms with Crippen molar-refractivity contribution in [1.29, 1.82) is 0 Å². The smallest absolute Gasteiger partial charge is 0.267 e. The van der Waals surface area contributed by atoms with E-state index in [0.717, 1.165) is 15.3 Å². The van der Waals surface area contributed by atoms with Crippen molar-refractivity contribution in [3.8, 4) is 5.69 Å². The molecule has 0 amide bonds. The minimum Gasteiger partial charge on any atom is -0.323 e. The lowest BCUT2D eigenvalue weighted by Gasteiger charge is -2.05. The number of rotatable bonds is 1. The number of fused-ring (bicyclic) bond motifs is 1. The Balaban J connectivity index is 2.48. The van der Waals surface area contributed by atoms with Crippen LogP contribution >= 0.6 is 23.6 Å². The van der Waals surface area contributed by atoms with E-state index in [1.54, 1.807) is 29.8 Å². The first-order chi connectivity index (χ1) is 9.09. The normalized spacial score (nSPS) is 11.1. The third-order valence-electron chi connectivity index (χ3n) is 3.13. The molecule has 19 heavy (non-hydrogen) atoms. The van der Waals surface area contributed by atoms with Gasteiger partial charge in [-0.05, 0) is 43.8 Å². The highest BCUT2D eigenvalue weighted by Gasteiger charge is 2.13. The molecule has 0 atom stereocenters. The zero-order chi connectivity index (χ0) is 13.6. The summed E-state index contributed by atoms with van der Waals surface area (Å²) in [6, 6.07) is 3.60. The molecule has 3 aromatic rings. The fourth-order valence-corrected chi connectivity index (χ4v) is 3.46. The zero-order valence-electron chi connectivity index (χ0n) is 10.4. The van der Waals surface area contributed by atoms with E-state index in [1.807, 2.05) is 19.9 Å². The molecule has 0 aromatic carbocycles. The molecule has 0 unspecified atom stereocenters. The van der Waals surface area contributed by atoms with E-state index >= 15 is 0 Å². The van der Waals surface area contributed by atoms with Gasteiger partial charge in [-0.3, -0.25) is 14.3 Å². The van der Waals surface area contributed by atoms with Crippen molar-refractivity contribution in [2.45, 2.75) is 13.8 Å². The highest BCUT2D eigenvalue weighted by atomic mass is 32.1. The lowest BCUT2D eigenvalue weighted by molar-refractivity contribution is 0.933. The number of hydrogen-bond acceptors (Lipinski definition) is 4.